The van der Waals surface area contributed by atoms with Crippen LogP contribution >= 0.6 is 0 Å². The first-order valence-electron chi connectivity index (χ1n) is 13.1. The zero-order chi connectivity index (χ0) is 29.2. The molecule has 6 aromatic rings. The van der Waals surface area contributed by atoms with Crippen molar-refractivity contribution >= 4 is 56.1 Å². The maximum atomic E-state index is 13.9. The second-order valence-electron chi connectivity index (χ2n) is 9.99. The summed E-state index contributed by atoms with van der Waals surface area (Å²) in [7, 11) is 0. The van der Waals surface area contributed by atoms with Gasteiger partial charge in [-0.25, -0.2) is 9.88 Å². The highest BCUT2D eigenvalue weighted by Gasteiger charge is 2.38. The number of hydrogen-bond acceptors (Lipinski definition) is 4. The van der Waals surface area contributed by atoms with Crippen LogP contribution in [0.25, 0.3) is 32.9 Å². The Balaban J connectivity index is 1.43. The van der Waals surface area contributed by atoms with Crippen molar-refractivity contribution in [2.45, 2.75) is 13.1 Å². The van der Waals surface area contributed by atoms with Gasteiger partial charge in [0.2, 0.25) is 0 Å². The molecule has 206 valence electrons. The molecule has 0 bridgehead atoms. The molecule has 9 heteroatoms. The maximum Gasteiger partial charge on any atom is 0.416 e. The molecule has 0 radical (unpaired) electrons. The molecule has 0 atom stereocenters. The van der Waals surface area contributed by atoms with Gasteiger partial charge in [0.15, 0.2) is 0 Å². The van der Waals surface area contributed by atoms with Gasteiger partial charge in [-0.1, -0.05) is 60.7 Å². The van der Waals surface area contributed by atoms with Gasteiger partial charge in [0.1, 0.15) is 5.82 Å². The zero-order valence-corrected chi connectivity index (χ0v) is 22.1. The lowest BCUT2D eigenvalue weighted by atomic mass is 9.93. The number of nitrogens with one attached hydrogen (secondary N) is 1. The number of nitrogens with zero attached hydrogens (tertiary/aromatic N) is 3. The summed E-state index contributed by atoms with van der Waals surface area (Å²) in [6.45, 7) is 1.92. The standard InChI is InChI=1S/C33H21F3N4O2/c1-19-38-27-15-6-4-13-24(27)30-29(25-14-5-7-16-28(25)39(19)30)37-18-26-22-11-2-3-12-23(22)31(41)40(32(26)42)21-10-8-9-20(17-21)33(34,35)36/h2-18,37H,1H3. The molecule has 0 unspecified atom stereocenters. The van der Waals surface area contributed by atoms with Crippen molar-refractivity contribution < 1.29 is 22.8 Å². The van der Waals surface area contributed by atoms with Crippen molar-refractivity contribution in [3.63, 3.8) is 0 Å². The molecule has 0 saturated heterocycles. The van der Waals surface area contributed by atoms with Crippen LogP contribution in [0, 0.1) is 6.92 Å². The van der Waals surface area contributed by atoms with Crippen LogP contribution in [0.15, 0.2) is 103 Å². The number of halogens is 3. The Morgan fingerprint density at radius 1 is 0.786 bits per heavy atom. The van der Waals surface area contributed by atoms with Gasteiger partial charge in [-0.15, -0.1) is 0 Å². The highest BCUT2D eigenvalue weighted by atomic mass is 19.4. The van der Waals surface area contributed by atoms with E-state index in [1.54, 1.807) is 24.3 Å². The predicted octanol–water partition coefficient (Wildman–Crippen LogP) is 7.61. The van der Waals surface area contributed by atoms with Gasteiger partial charge in [-0.2, -0.15) is 13.2 Å². The minimum Gasteiger partial charge on any atom is -0.359 e. The quantitative estimate of drug-likeness (QED) is 0.178. The SMILES string of the molecule is Cc1nc2ccccc2c2c(NC=C3C(=O)N(c4cccc(C(F)(F)F)c4)C(=O)c4ccccc43)c3ccccc3n12. The number of carbonyl (C=O) groups is 2. The van der Waals surface area contributed by atoms with E-state index in [1.807, 2.05) is 59.9 Å². The highest BCUT2D eigenvalue weighted by Crippen LogP contribution is 2.39. The number of alkyl halides is 3. The fourth-order valence-corrected chi connectivity index (χ4v) is 5.67. The third kappa shape index (κ3) is 3.85. The Morgan fingerprint density at radius 3 is 2.26 bits per heavy atom. The molecule has 1 aliphatic heterocycles. The molecule has 2 amide bonds. The summed E-state index contributed by atoms with van der Waals surface area (Å²) < 4.78 is 42.6. The fourth-order valence-electron chi connectivity index (χ4n) is 5.67. The molecule has 6 nitrogen and oxygen atoms in total. The lowest BCUT2D eigenvalue weighted by Crippen LogP contribution is -2.42. The second kappa shape index (κ2) is 9.31. The van der Waals surface area contributed by atoms with Gasteiger partial charge in [0.25, 0.3) is 11.8 Å². The molecule has 0 saturated carbocycles. The first-order valence-corrected chi connectivity index (χ1v) is 13.1. The van der Waals surface area contributed by atoms with Gasteiger partial charge in [0.05, 0.1) is 39.1 Å². The largest absolute Gasteiger partial charge is 0.416 e. The van der Waals surface area contributed by atoms with E-state index in [1.165, 1.54) is 18.3 Å². The number of aryl methyl sites for hydroxylation is 1. The Labute approximate surface area is 237 Å². The maximum absolute atomic E-state index is 13.9. The summed E-state index contributed by atoms with van der Waals surface area (Å²) in [5.41, 5.74) is 2.94. The number of para-hydroxylation sites is 2. The number of imide groups is 1. The summed E-state index contributed by atoms with van der Waals surface area (Å²) in [6.07, 6.45) is -3.11. The third-order valence-corrected chi connectivity index (χ3v) is 7.52. The molecule has 0 fully saturated rings. The van der Waals surface area contributed by atoms with Crippen molar-refractivity contribution in [2.75, 3.05) is 10.2 Å². The van der Waals surface area contributed by atoms with Crippen molar-refractivity contribution in [3.05, 3.63) is 126 Å². The first kappa shape index (κ1) is 25.5. The lowest BCUT2D eigenvalue weighted by molar-refractivity contribution is -0.137. The number of anilines is 2. The van der Waals surface area contributed by atoms with Crippen LogP contribution in [-0.2, 0) is 11.0 Å². The van der Waals surface area contributed by atoms with Crippen molar-refractivity contribution in [1.29, 1.82) is 0 Å². The summed E-state index contributed by atoms with van der Waals surface area (Å²) in [5, 5.41) is 5.13. The number of benzene rings is 4. The molecular formula is C33H21F3N4O2. The van der Waals surface area contributed by atoms with Gasteiger partial charge in [-0.3, -0.25) is 14.0 Å². The molecule has 1 aliphatic rings. The number of aromatic nitrogens is 2. The Morgan fingerprint density at radius 2 is 1.48 bits per heavy atom. The summed E-state index contributed by atoms with van der Waals surface area (Å²) >= 11 is 0. The van der Waals surface area contributed by atoms with E-state index in [-0.39, 0.29) is 16.8 Å². The lowest BCUT2D eigenvalue weighted by Gasteiger charge is -2.29. The molecular weight excluding hydrogens is 541 g/mol. The number of rotatable bonds is 3. The van der Waals surface area contributed by atoms with Crippen molar-refractivity contribution in [1.82, 2.24) is 9.38 Å². The average molecular weight is 563 g/mol. The van der Waals surface area contributed by atoms with Crippen LogP contribution < -0.4 is 10.2 Å². The Hall–Kier alpha value is -5.44. The van der Waals surface area contributed by atoms with E-state index >= 15 is 0 Å². The molecule has 3 heterocycles. The Kier molecular flexibility index (Phi) is 5.65. The highest BCUT2D eigenvalue weighted by molar-refractivity contribution is 6.41. The second-order valence-corrected chi connectivity index (χ2v) is 9.99. The van der Waals surface area contributed by atoms with Crippen LogP contribution in [0.3, 0.4) is 0 Å². The van der Waals surface area contributed by atoms with Gasteiger partial charge in [0, 0.05) is 28.1 Å². The molecule has 1 N–H and O–H groups in total. The molecule has 7 rings (SSSR count). The van der Waals surface area contributed by atoms with E-state index in [9.17, 15) is 22.8 Å². The topological polar surface area (TPSA) is 66.7 Å². The molecule has 0 spiro atoms. The zero-order valence-electron chi connectivity index (χ0n) is 22.1. The van der Waals surface area contributed by atoms with Crippen LogP contribution in [0.5, 0.6) is 0 Å². The van der Waals surface area contributed by atoms with Crippen LogP contribution in [0.4, 0.5) is 24.5 Å². The number of amides is 2. The fraction of sp³-hybridized carbons (Fsp3) is 0.0606. The minimum absolute atomic E-state index is 0.140. The Bertz CT molecular complexity index is 2130. The van der Waals surface area contributed by atoms with Crippen molar-refractivity contribution in [2.24, 2.45) is 0 Å². The molecule has 0 aliphatic carbocycles. The van der Waals surface area contributed by atoms with Gasteiger partial charge in [-0.05, 0) is 43.3 Å². The minimum atomic E-state index is -4.64. The van der Waals surface area contributed by atoms with Gasteiger partial charge < -0.3 is 5.32 Å². The van der Waals surface area contributed by atoms with E-state index in [0.717, 1.165) is 55.9 Å². The van der Waals surface area contributed by atoms with E-state index in [4.69, 9.17) is 4.98 Å². The summed E-state index contributed by atoms with van der Waals surface area (Å²) in [4.78, 5) is 33.0. The predicted molar refractivity (Wildman–Crippen MR) is 156 cm³/mol. The number of hydrogen-bond donors (Lipinski definition) is 1. The average Bonchev–Trinajstić information content (AvgIpc) is 3.32. The molecule has 4 aromatic carbocycles. The smallest absolute Gasteiger partial charge is 0.359 e. The third-order valence-electron chi connectivity index (χ3n) is 7.52. The first-order chi connectivity index (χ1) is 20.2. The van der Waals surface area contributed by atoms with E-state index in [2.05, 4.69) is 5.32 Å². The monoisotopic (exact) mass is 562 g/mol. The summed E-state index contributed by atoms with van der Waals surface area (Å²) in [5.74, 6) is -0.651. The van der Waals surface area contributed by atoms with Crippen LogP contribution in [0.1, 0.15) is 27.3 Å². The number of fused-ring (bicyclic) bond motifs is 6. The van der Waals surface area contributed by atoms with Crippen molar-refractivity contribution in [3.8, 4) is 0 Å². The van der Waals surface area contributed by atoms with Crippen LogP contribution in [-0.4, -0.2) is 21.2 Å². The number of carbonyl (C=O) groups excluding carboxylic acids is 2. The van der Waals surface area contributed by atoms with Gasteiger partial charge >= 0.3 is 6.18 Å². The summed E-state index contributed by atoms with van der Waals surface area (Å²) in [6, 6.07) is 26.3. The van der Waals surface area contributed by atoms with Crippen LogP contribution in [0.2, 0.25) is 0 Å². The molecule has 2 aromatic heterocycles. The van der Waals surface area contributed by atoms with E-state index in [0.29, 0.717) is 5.56 Å². The molecule has 42 heavy (non-hydrogen) atoms. The van der Waals surface area contributed by atoms with E-state index < -0.39 is 23.6 Å². The normalized spacial score (nSPS) is 14.8.